The summed E-state index contributed by atoms with van der Waals surface area (Å²) in [6.07, 6.45) is 13.1. The molecular formula is C22H19N5O2S. The predicted molar refractivity (Wildman–Crippen MR) is 115 cm³/mol. The van der Waals surface area contributed by atoms with E-state index in [4.69, 9.17) is 4.42 Å². The van der Waals surface area contributed by atoms with Gasteiger partial charge in [-0.3, -0.25) is 15.1 Å². The maximum absolute atomic E-state index is 12.7. The van der Waals surface area contributed by atoms with E-state index in [0.29, 0.717) is 23.3 Å². The molecule has 8 heteroatoms. The molecule has 0 spiro atoms. The third-order valence-electron chi connectivity index (χ3n) is 4.80. The Morgan fingerprint density at radius 3 is 2.87 bits per heavy atom. The summed E-state index contributed by atoms with van der Waals surface area (Å²) in [6.45, 7) is 0.602. The minimum Gasteiger partial charge on any atom is -0.448 e. The van der Waals surface area contributed by atoms with E-state index >= 15 is 0 Å². The molecule has 0 saturated heterocycles. The predicted octanol–water partition coefficient (Wildman–Crippen LogP) is 4.68. The minimum atomic E-state index is -0.190. The highest BCUT2D eigenvalue weighted by Crippen LogP contribution is 2.39. The van der Waals surface area contributed by atoms with Crippen molar-refractivity contribution in [3.63, 3.8) is 0 Å². The SMILES string of the molecule is O=C(Nc1nc(C=Cc2coc(C3CC3)n2)cs1)c1cccn1Cc1ccncc1. The molecule has 0 unspecified atom stereocenters. The van der Waals surface area contributed by atoms with Crippen LogP contribution in [0.4, 0.5) is 5.13 Å². The Balaban J connectivity index is 1.23. The van der Waals surface area contributed by atoms with Crippen LogP contribution in [0.1, 0.15) is 52.1 Å². The quantitative estimate of drug-likeness (QED) is 0.472. The van der Waals surface area contributed by atoms with E-state index in [2.05, 4.69) is 20.3 Å². The highest BCUT2D eigenvalue weighted by Gasteiger charge is 2.28. The molecule has 1 amide bonds. The molecule has 4 aromatic rings. The molecule has 1 fully saturated rings. The molecule has 150 valence electrons. The van der Waals surface area contributed by atoms with E-state index in [1.807, 2.05) is 46.5 Å². The molecule has 4 heterocycles. The van der Waals surface area contributed by atoms with Crippen LogP contribution in [0.15, 0.2) is 58.9 Å². The van der Waals surface area contributed by atoms with Crippen LogP contribution in [0.3, 0.4) is 0 Å². The molecule has 1 saturated carbocycles. The van der Waals surface area contributed by atoms with Gasteiger partial charge in [0.05, 0.1) is 5.69 Å². The van der Waals surface area contributed by atoms with Gasteiger partial charge < -0.3 is 8.98 Å². The zero-order chi connectivity index (χ0) is 20.3. The van der Waals surface area contributed by atoms with Crippen molar-refractivity contribution >= 4 is 34.5 Å². The van der Waals surface area contributed by atoms with E-state index in [0.717, 1.165) is 35.7 Å². The Bertz CT molecular complexity index is 1190. The van der Waals surface area contributed by atoms with Crippen molar-refractivity contribution in [2.24, 2.45) is 0 Å². The summed E-state index contributed by atoms with van der Waals surface area (Å²) in [5.74, 6) is 1.12. The van der Waals surface area contributed by atoms with Crippen molar-refractivity contribution in [2.45, 2.75) is 25.3 Å². The number of nitrogens with one attached hydrogen (secondary N) is 1. The van der Waals surface area contributed by atoms with Gasteiger partial charge >= 0.3 is 0 Å². The van der Waals surface area contributed by atoms with E-state index in [9.17, 15) is 4.79 Å². The lowest BCUT2D eigenvalue weighted by atomic mass is 10.2. The maximum Gasteiger partial charge on any atom is 0.274 e. The van der Waals surface area contributed by atoms with Gasteiger partial charge in [-0.1, -0.05) is 0 Å². The summed E-state index contributed by atoms with van der Waals surface area (Å²) >= 11 is 1.38. The molecule has 30 heavy (non-hydrogen) atoms. The topological polar surface area (TPSA) is 85.8 Å². The zero-order valence-electron chi connectivity index (χ0n) is 16.1. The first-order chi connectivity index (χ1) is 14.7. The van der Waals surface area contributed by atoms with Crippen LogP contribution in [-0.2, 0) is 6.54 Å². The summed E-state index contributed by atoms with van der Waals surface area (Å²) in [5, 5.41) is 5.33. The van der Waals surface area contributed by atoms with E-state index in [1.54, 1.807) is 24.7 Å². The Hall–Kier alpha value is -3.52. The first kappa shape index (κ1) is 18.5. The lowest BCUT2D eigenvalue weighted by Crippen LogP contribution is -2.17. The second-order valence-corrected chi connectivity index (χ2v) is 7.98. The largest absolute Gasteiger partial charge is 0.448 e. The molecule has 0 atom stereocenters. The number of anilines is 1. The molecule has 0 radical (unpaired) electrons. The summed E-state index contributed by atoms with van der Waals surface area (Å²) in [7, 11) is 0. The minimum absolute atomic E-state index is 0.190. The van der Waals surface area contributed by atoms with Crippen LogP contribution < -0.4 is 5.32 Å². The summed E-state index contributed by atoms with van der Waals surface area (Å²) in [4.78, 5) is 25.7. The standard InChI is InChI=1S/C22H19N5O2S/c28-20(19-2-1-11-27(19)12-15-7-9-23-10-8-15)26-22-25-18(14-30-22)6-5-17-13-29-21(24-17)16-3-4-16/h1-2,5-11,13-14,16H,3-4,12H2,(H,25,26,28). The number of amides is 1. The van der Waals surface area contributed by atoms with Crippen molar-refractivity contribution in [3.8, 4) is 0 Å². The fourth-order valence-corrected chi connectivity index (χ4v) is 3.76. The molecule has 5 rings (SSSR count). The number of hydrogen-bond acceptors (Lipinski definition) is 6. The van der Waals surface area contributed by atoms with Gasteiger partial charge in [-0.2, -0.15) is 0 Å². The molecule has 0 aromatic carbocycles. The van der Waals surface area contributed by atoms with Crippen LogP contribution in [0.25, 0.3) is 12.2 Å². The molecule has 1 aliphatic carbocycles. The Morgan fingerprint density at radius 1 is 1.20 bits per heavy atom. The van der Waals surface area contributed by atoms with Gasteiger partial charge in [0.2, 0.25) is 0 Å². The van der Waals surface area contributed by atoms with Gasteiger partial charge in [-0.05, 0) is 54.8 Å². The first-order valence-electron chi connectivity index (χ1n) is 9.69. The normalized spacial score (nSPS) is 13.7. The summed E-state index contributed by atoms with van der Waals surface area (Å²) in [6, 6.07) is 7.53. The van der Waals surface area contributed by atoms with Gasteiger partial charge in [0, 0.05) is 36.4 Å². The number of oxazole rings is 1. The zero-order valence-corrected chi connectivity index (χ0v) is 16.9. The smallest absolute Gasteiger partial charge is 0.274 e. The van der Waals surface area contributed by atoms with Gasteiger partial charge in [0.1, 0.15) is 17.7 Å². The molecule has 1 N–H and O–H groups in total. The van der Waals surface area contributed by atoms with Crippen molar-refractivity contribution in [1.29, 1.82) is 0 Å². The number of thiazole rings is 1. The van der Waals surface area contributed by atoms with Crippen molar-refractivity contribution < 1.29 is 9.21 Å². The van der Waals surface area contributed by atoms with Gasteiger partial charge in [-0.15, -0.1) is 11.3 Å². The van der Waals surface area contributed by atoms with Crippen molar-refractivity contribution in [2.75, 3.05) is 5.32 Å². The lowest BCUT2D eigenvalue weighted by Gasteiger charge is -2.08. The highest BCUT2D eigenvalue weighted by molar-refractivity contribution is 7.14. The average molecular weight is 417 g/mol. The number of pyridine rings is 1. The number of hydrogen-bond donors (Lipinski definition) is 1. The number of nitrogens with zero attached hydrogens (tertiary/aromatic N) is 4. The Kier molecular flexibility index (Phi) is 4.98. The molecule has 1 aliphatic rings. The molecule has 4 aromatic heterocycles. The van der Waals surface area contributed by atoms with E-state index in [-0.39, 0.29) is 5.91 Å². The molecule has 7 nitrogen and oxygen atoms in total. The highest BCUT2D eigenvalue weighted by atomic mass is 32.1. The molecule has 0 bridgehead atoms. The lowest BCUT2D eigenvalue weighted by molar-refractivity contribution is 0.101. The number of carbonyl (C=O) groups is 1. The first-order valence-corrected chi connectivity index (χ1v) is 10.6. The summed E-state index contributed by atoms with van der Waals surface area (Å²) in [5.41, 5.74) is 3.20. The fourth-order valence-electron chi connectivity index (χ4n) is 3.09. The Morgan fingerprint density at radius 2 is 2.03 bits per heavy atom. The fraction of sp³-hybridized carbons (Fsp3) is 0.182. The van der Waals surface area contributed by atoms with Crippen molar-refractivity contribution in [1.82, 2.24) is 19.5 Å². The Labute approximate surface area is 177 Å². The number of aromatic nitrogens is 4. The second-order valence-electron chi connectivity index (χ2n) is 7.13. The van der Waals surface area contributed by atoms with Gasteiger partial charge in [0.15, 0.2) is 11.0 Å². The van der Waals surface area contributed by atoms with Crippen LogP contribution in [-0.4, -0.2) is 25.4 Å². The van der Waals surface area contributed by atoms with Crippen LogP contribution >= 0.6 is 11.3 Å². The average Bonchev–Trinajstić information content (AvgIpc) is 3.14. The van der Waals surface area contributed by atoms with E-state index in [1.165, 1.54) is 11.3 Å². The monoisotopic (exact) mass is 417 g/mol. The van der Waals surface area contributed by atoms with Gasteiger partial charge in [-0.25, -0.2) is 9.97 Å². The van der Waals surface area contributed by atoms with Gasteiger partial charge in [0.25, 0.3) is 5.91 Å². The molecule has 0 aliphatic heterocycles. The number of rotatable bonds is 7. The third-order valence-corrected chi connectivity index (χ3v) is 5.57. The second kappa shape index (κ2) is 8.08. The van der Waals surface area contributed by atoms with Crippen LogP contribution in [0.5, 0.6) is 0 Å². The third kappa shape index (κ3) is 4.23. The van der Waals surface area contributed by atoms with Crippen molar-refractivity contribution in [3.05, 3.63) is 83.0 Å². The molecular weight excluding hydrogens is 398 g/mol. The number of carbonyl (C=O) groups excluding carboxylic acids is 1. The van der Waals surface area contributed by atoms with Crippen LogP contribution in [0, 0.1) is 0 Å². The van der Waals surface area contributed by atoms with Crippen LogP contribution in [0.2, 0.25) is 0 Å². The summed E-state index contributed by atoms with van der Waals surface area (Å²) < 4.78 is 7.39. The van der Waals surface area contributed by atoms with E-state index < -0.39 is 0 Å². The maximum atomic E-state index is 12.7.